The number of carbonyl (C=O) groups excluding carboxylic acids is 1. The van der Waals surface area contributed by atoms with Crippen molar-refractivity contribution < 1.29 is 14.3 Å². The molecule has 1 N–H and O–H groups in total. The van der Waals surface area contributed by atoms with Crippen LogP contribution in [0.3, 0.4) is 0 Å². The first-order valence-electron chi connectivity index (χ1n) is 11.7. The van der Waals surface area contributed by atoms with Crippen molar-refractivity contribution >= 4 is 5.97 Å². The fourth-order valence-electron chi connectivity index (χ4n) is 6.15. The van der Waals surface area contributed by atoms with Gasteiger partial charge in [0.15, 0.2) is 0 Å². The van der Waals surface area contributed by atoms with Crippen molar-refractivity contribution in [2.24, 2.45) is 17.8 Å². The molecule has 6 atom stereocenters. The molecule has 0 amide bonds. The van der Waals surface area contributed by atoms with Gasteiger partial charge in [-0.25, -0.2) is 4.68 Å². The molecule has 0 unspecified atom stereocenters. The van der Waals surface area contributed by atoms with Crippen LogP contribution in [0.15, 0.2) is 41.6 Å². The third-order valence-corrected chi connectivity index (χ3v) is 8.07. The highest BCUT2D eigenvalue weighted by Gasteiger charge is 2.69. The van der Waals surface area contributed by atoms with Crippen LogP contribution < -0.4 is 5.32 Å². The fourth-order valence-corrected chi connectivity index (χ4v) is 6.15. The van der Waals surface area contributed by atoms with E-state index in [0.717, 1.165) is 30.6 Å². The Morgan fingerprint density at radius 3 is 2.94 bits per heavy atom. The number of allylic oxidation sites excluding steroid dienone is 1. The summed E-state index contributed by atoms with van der Waals surface area (Å²) < 4.78 is 13.7. The van der Waals surface area contributed by atoms with Gasteiger partial charge in [-0.15, -0.1) is 5.10 Å². The van der Waals surface area contributed by atoms with Crippen molar-refractivity contribution in [2.45, 2.75) is 57.5 Å². The van der Waals surface area contributed by atoms with Crippen LogP contribution in [-0.2, 0) is 20.8 Å². The van der Waals surface area contributed by atoms with Crippen molar-refractivity contribution in [1.29, 1.82) is 5.26 Å². The van der Waals surface area contributed by atoms with E-state index in [-0.39, 0.29) is 35.4 Å². The molecule has 2 saturated heterocycles. The molecule has 1 aromatic carbocycles. The number of fused-ring (bicyclic) bond motifs is 5. The van der Waals surface area contributed by atoms with Crippen molar-refractivity contribution in [1.82, 2.24) is 20.3 Å². The molecule has 170 valence electrons. The van der Waals surface area contributed by atoms with Gasteiger partial charge in [0.2, 0.25) is 0 Å². The van der Waals surface area contributed by atoms with Crippen LogP contribution in [0.4, 0.5) is 0 Å². The summed E-state index contributed by atoms with van der Waals surface area (Å²) in [6, 6.07) is 9.30. The van der Waals surface area contributed by atoms with E-state index in [0.29, 0.717) is 24.8 Å². The number of rotatable bonds is 5. The lowest BCUT2D eigenvalue weighted by Gasteiger charge is -2.28. The lowest BCUT2D eigenvalue weighted by molar-refractivity contribution is -0.146. The van der Waals surface area contributed by atoms with Crippen molar-refractivity contribution in [3.8, 4) is 11.8 Å². The molecule has 0 spiro atoms. The Bertz CT molecular complexity index is 1180. The molecule has 3 heterocycles. The SMILES string of the molecule is CC1=C2C[C@H]3O[C@@]3(C)[C@@H]2[C@H]2OC(=O)[C@@H](CNCc3cn(-c4ccc(C#N)cc4)nn3)[C@@H]2CC1. The summed E-state index contributed by atoms with van der Waals surface area (Å²) in [5.74, 6) is 0.162. The molecule has 8 heteroatoms. The monoisotopic (exact) mass is 445 g/mol. The van der Waals surface area contributed by atoms with Crippen LogP contribution in [0.1, 0.15) is 44.4 Å². The van der Waals surface area contributed by atoms with E-state index in [1.54, 1.807) is 16.8 Å². The Balaban J connectivity index is 1.11. The molecule has 1 aromatic heterocycles. The number of hydrogen-bond donors (Lipinski definition) is 1. The second-order valence-corrected chi connectivity index (χ2v) is 9.93. The molecular weight excluding hydrogens is 418 g/mol. The summed E-state index contributed by atoms with van der Waals surface area (Å²) in [6.07, 6.45) is 5.07. The minimum Gasteiger partial charge on any atom is -0.461 e. The zero-order valence-corrected chi connectivity index (χ0v) is 18.8. The Morgan fingerprint density at radius 2 is 2.15 bits per heavy atom. The molecule has 2 aromatic rings. The third kappa shape index (κ3) is 3.30. The molecule has 1 saturated carbocycles. The normalized spacial score (nSPS) is 34.2. The summed E-state index contributed by atoms with van der Waals surface area (Å²) in [4.78, 5) is 12.9. The third-order valence-electron chi connectivity index (χ3n) is 8.07. The first-order chi connectivity index (χ1) is 16.0. The molecule has 2 aliphatic heterocycles. The van der Waals surface area contributed by atoms with Gasteiger partial charge in [0.25, 0.3) is 0 Å². The van der Waals surface area contributed by atoms with Gasteiger partial charge >= 0.3 is 5.97 Å². The van der Waals surface area contributed by atoms with Gasteiger partial charge in [-0.05, 0) is 57.4 Å². The Labute approximate surface area is 192 Å². The summed E-state index contributed by atoms with van der Waals surface area (Å²) in [5, 5.41) is 20.8. The predicted octanol–water partition coefficient (Wildman–Crippen LogP) is 2.67. The Morgan fingerprint density at radius 1 is 1.33 bits per heavy atom. The van der Waals surface area contributed by atoms with Crippen LogP contribution >= 0.6 is 0 Å². The molecular formula is C25H27N5O3. The van der Waals surface area contributed by atoms with Gasteiger partial charge in [0, 0.05) is 24.9 Å². The topological polar surface area (TPSA) is 105 Å². The van der Waals surface area contributed by atoms with Gasteiger partial charge in [-0.1, -0.05) is 16.4 Å². The average Bonchev–Trinajstić information content (AvgIpc) is 3.10. The summed E-state index contributed by atoms with van der Waals surface area (Å²) in [6.45, 7) is 5.50. The highest BCUT2D eigenvalue weighted by Crippen LogP contribution is 2.62. The first-order valence-corrected chi connectivity index (χ1v) is 11.7. The van der Waals surface area contributed by atoms with Crippen molar-refractivity contribution in [3.05, 3.63) is 52.9 Å². The predicted molar refractivity (Wildman–Crippen MR) is 118 cm³/mol. The second kappa shape index (κ2) is 7.51. The minimum absolute atomic E-state index is 0.0773. The smallest absolute Gasteiger partial charge is 0.310 e. The maximum absolute atomic E-state index is 12.9. The molecule has 0 radical (unpaired) electrons. The maximum Gasteiger partial charge on any atom is 0.310 e. The van der Waals surface area contributed by atoms with Gasteiger partial charge < -0.3 is 14.8 Å². The fraction of sp³-hybridized carbons (Fsp3) is 0.520. The molecule has 6 rings (SSSR count). The molecule has 4 aliphatic rings. The van der Waals surface area contributed by atoms with Gasteiger partial charge in [0.1, 0.15) is 11.7 Å². The number of nitrogens with one attached hydrogen (secondary N) is 1. The van der Waals surface area contributed by atoms with Crippen LogP contribution in [0.5, 0.6) is 0 Å². The highest BCUT2D eigenvalue weighted by molar-refractivity contribution is 5.76. The quantitative estimate of drug-likeness (QED) is 0.428. The number of epoxide rings is 1. The van der Waals surface area contributed by atoms with Crippen LogP contribution in [0.2, 0.25) is 0 Å². The van der Waals surface area contributed by atoms with Crippen molar-refractivity contribution in [3.63, 3.8) is 0 Å². The minimum atomic E-state index is -0.156. The lowest BCUT2D eigenvalue weighted by Crippen LogP contribution is -2.37. The van der Waals surface area contributed by atoms with E-state index in [1.807, 2.05) is 18.3 Å². The van der Waals surface area contributed by atoms with E-state index in [2.05, 4.69) is 35.5 Å². The van der Waals surface area contributed by atoms with Crippen LogP contribution in [0.25, 0.3) is 5.69 Å². The first kappa shape index (κ1) is 20.6. The Kier molecular flexibility index (Phi) is 4.68. The van der Waals surface area contributed by atoms with E-state index in [9.17, 15) is 4.79 Å². The summed E-state index contributed by atoms with van der Waals surface area (Å²) >= 11 is 0. The zero-order chi connectivity index (χ0) is 22.7. The summed E-state index contributed by atoms with van der Waals surface area (Å²) in [7, 11) is 0. The average molecular weight is 446 g/mol. The second-order valence-electron chi connectivity index (χ2n) is 9.93. The largest absolute Gasteiger partial charge is 0.461 e. The molecule has 33 heavy (non-hydrogen) atoms. The maximum atomic E-state index is 12.9. The lowest BCUT2D eigenvalue weighted by atomic mass is 9.78. The molecule has 3 fully saturated rings. The highest BCUT2D eigenvalue weighted by atomic mass is 16.6. The molecule has 2 aliphatic carbocycles. The van der Waals surface area contributed by atoms with E-state index in [1.165, 1.54) is 11.1 Å². The molecule has 8 nitrogen and oxygen atoms in total. The number of nitrogens with zero attached hydrogens (tertiary/aromatic N) is 4. The van der Waals surface area contributed by atoms with E-state index >= 15 is 0 Å². The molecule has 0 bridgehead atoms. The number of aromatic nitrogens is 3. The van der Waals surface area contributed by atoms with E-state index < -0.39 is 0 Å². The van der Waals surface area contributed by atoms with Gasteiger partial charge in [-0.2, -0.15) is 5.26 Å². The number of carbonyl (C=O) groups is 1. The number of nitriles is 1. The van der Waals surface area contributed by atoms with Crippen molar-refractivity contribution in [2.75, 3.05) is 6.54 Å². The zero-order valence-electron chi connectivity index (χ0n) is 18.8. The van der Waals surface area contributed by atoms with Gasteiger partial charge in [-0.3, -0.25) is 4.79 Å². The number of hydrogen-bond acceptors (Lipinski definition) is 7. The number of esters is 1. The van der Waals surface area contributed by atoms with E-state index in [4.69, 9.17) is 14.7 Å². The standard InChI is InChI=1S/C25H27N5O3/c1-14-3-8-18-20(24(31)32-23(18)22-19(14)9-21-25(22,2)33-21)12-27-11-16-13-30(29-28-16)17-6-4-15(10-26)5-7-17/h4-7,13,18,20-23,27H,3,8-9,11-12H2,1-2H3/t18-,20-,21+,22-,23-,25+/m0/s1. The van der Waals surface area contributed by atoms with Crippen LogP contribution in [0, 0.1) is 29.1 Å². The number of ether oxygens (including phenoxy) is 2. The van der Waals surface area contributed by atoms with Gasteiger partial charge in [0.05, 0.1) is 41.2 Å². The summed E-state index contributed by atoms with van der Waals surface area (Å²) in [5.41, 5.74) is 5.03. The Hall–Kier alpha value is -3.02. The number of benzene rings is 1. The van der Waals surface area contributed by atoms with Crippen LogP contribution in [-0.4, -0.2) is 45.3 Å².